The minimum absolute atomic E-state index is 0.0999. The van der Waals surface area contributed by atoms with Gasteiger partial charge in [0.1, 0.15) is 5.75 Å². The molecule has 1 saturated heterocycles. The molecule has 1 aromatic heterocycles. The molecule has 2 heterocycles. The Balaban J connectivity index is 1.63. The molecule has 0 bridgehead atoms. The quantitative estimate of drug-likeness (QED) is 0.713. The summed E-state index contributed by atoms with van der Waals surface area (Å²) in [4.78, 5) is 14.3. The van der Waals surface area contributed by atoms with Crippen LogP contribution in [0.2, 0.25) is 0 Å². The van der Waals surface area contributed by atoms with Crippen molar-refractivity contribution < 1.29 is 22.4 Å². The Kier molecular flexibility index (Phi) is 5.45. The van der Waals surface area contributed by atoms with Gasteiger partial charge in [0.25, 0.3) is 0 Å². The zero-order valence-corrected chi connectivity index (χ0v) is 15.7. The molecule has 140 valence electrons. The van der Waals surface area contributed by atoms with E-state index in [-0.39, 0.29) is 17.2 Å². The molecule has 8 heteroatoms. The molecule has 1 aliphatic rings. The lowest BCUT2D eigenvalue weighted by atomic mass is 10.2. The minimum Gasteiger partial charge on any atom is -0.496 e. The predicted octanol–water partition coefficient (Wildman–Crippen LogP) is 1.79. The number of piperazine rings is 1. The summed E-state index contributed by atoms with van der Waals surface area (Å²) in [5.41, 5.74) is 0.774. The van der Waals surface area contributed by atoms with E-state index in [1.807, 2.05) is 11.8 Å². The van der Waals surface area contributed by atoms with Crippen LogP contribution in [0.4, 0.5) is 0 Å². The monoisotopic (exact) mass is 378 g/mol. The molecule has 1 aromatic carbocycles. The average Bonchev–Trinajstić information content (AvgIpc) is 3.17. The van der Waals surface area contributed by atoms with Crippen LogP contribution in [-0.2, 0) is 10.0 Å². The fraction of sp³-hybridized carbons (Fsp3) is 0.389. The van der Waals surface area contributed by atoms with Crippen molar-refractivity contribution in [2.24, 2.45) is 0 Å². The van der Waals surface area contributed by atoms with Gasteiger partial charge in [-0.2, -0.15) is 4.31 Å². The van der Waals surface area contributed by atoms with E-state index in [9.17, 15) is 13.2 Å². The highest BCUT2D eigenvalue weighted by atomic mass is 32.2. The highest BCUT2D eigenvalue weighted by Gasteiger charge is 2.29. The number of hydrogen-bond acceptors (Lipinski definition) is 6. The number of carbonyl (C=O) groups is 1. The Labute approximate surface area is 153 Å². The van der Waals surface area contributed by atoms with Crippen molar-refractivity contribution in [2.75, 3.05) is 39.8 Å². The molecule has 0 radical (unpaired) electrons. The second-order valence-electron chi connectivity index (χ2n) is 6.21. The van der Waals surface area contributed by atoms with E-state index >= 15 is 0 Å². The van der Waals surface area contributed by atoms with Gasteiger partial charge in [0.2, 0.25) is 15.8 Å². The summed E-state index contributed by atoms with van der Waals surface area (Å²) in [6, 6.07) is 8.17. The summed E-state index contributed by atoms with van der Waals surface area (Å²) in [5, 5.41) is 0. The fourth-order valence-corrected chi connectivity index (χ4v) is 4.51. The number of hydrogen-bond donors (Lipinski definition) is 0. The molecule has 2 aromatic rings. The van der Waals surface area contributed by atoms with Crippen molar-refractivity contribution in [2.45, 2.75) is 11.8 Å². The molecule has 7 nitrogen and oxygen atoms in total. The van der Waals surface area contributed by atoms with Gasteiger partial charge in [-0.3, -0.25) is 9.69 Å². The topological polar surface area (TPSA) is 80.1 Å². The maximum absolute atomic E-state index is 12.8. The van der Waals surface area contributed by atoms with E-state index in [0.29, 0.717) is 37.7 Å². The van der Waals surface area contributed by atoms with Crippen LogP contribution < -0.4 is 4.74 Å². The van der Waals surface area contributed by atoms with E-state index in [1.165, 1.54) is 10.6 Å². The zero-order chi connectivity index (χ0) is 18.7. The molecule has 0 amide bonds. The van der Waals surface area contributed by atoms with Gasteiger partial charge in [-0.25, -0.2) is 8.42 Å². The number of Topliss-reactive ketones (excluding diaryl/α,β-unsaturated/α-hetero) is 1. The van der Waals surface area contributed by atoms with Gasteiger partial charge in [0, 0.05) is 26.2 Å². The van der Waals surface area contributed by atoms with Crippen LogP contribution in [0.15, 0.2) is 45.9 Å². The van der Waals surface area contributed by atoms with Gasteiger partial charge >= 0.3 is 0 Å². The number of aryl methyl sites for hydroxylation is 1. The number of sulfonamides is 1. The Hall–Kier alpha value is -2.16. The summed E-state index contributed by atoms with van der Waals surface area (Å²) in [6.45, 7) is 3.73. The Morgan fingerprint density at radius 3 is 2.50 bits per heavy atom. The number of rotatable bonds is 6. The third kappa shape index (κ3) is 3.82. The van der Waals surface area contributed by atoms with Crippen LogP contribution in [0, 0.1) is 6.92 Å². The van der Waals surface area contributed by atoms with Crippen molar-refractivity contribution in [3.63, 3.8) is 0 Å². The van der Waals surface area contributed by atoms with Crippen molar-refractivity contribution in [3.8, 4) is 5.75 Å². The van der Waals surface area contributed by atoms with Crippen LogP contribution in [0.5, 0.6) is 5.75 Å². The smallest absolute Gasteiger partial charge is 0.243 e. The normalized spacial score (nSPS) is 16.5. The van der Waals surface area contributed by atoms with Gasteiger partial charge in [0.15, 0.2) is 5.76 Å². The van der Waals surface area contributed by atoms with E-state index in [2.05, 4.69) is 0 Å². The summed E-state index contributed by atoms with van der Waals surface area (Å²) in [5.74, 6) is 0.885. The molecular formula is C18H22N2O5S. The SMILES string of the molecule is COc1ccc(S(=O)(=O)N2CCN(CC(=O)c3ccco3)CC2)cc1C. The molecule has 1 aliphatic heterocycles. The third-order valence-electron chi connectivity index (χ3n) is 4.50. The van der Waals surface area contributed by atoms with Crippen molar-refractivity contribution in [1.82, 2.24) is 9.21 Å². The molecule has 3 rings (SSSR count). The molecule has 0 N–H and O–H groups in total. The number of nitrogens with zero attached hydrogens (tertiary/aromatic N) is 2. The summed E-state index contributed by atoms with van der Waals surface area (Å²) in [7, 11) is -2.00. The summed E-state index contributed by atoms with van der Waals surface area (Å²) in [6.07, 6.45) is 1.47. The number of carbonyl (C=O) groups excluding carboxylic acids is 1. The molecule has 0 aliphatic carbocycles. The molecule has 0 spiro atoms. The summed E-state index contributed by atoms with van der Waals surface area (Å²) < 4.78 is 37.4. The Bertz CT molecular complexity index is 869. The minimum atomic E-state index is -3.56. The van der Waals surface area contributed by atoms with Crippen LogP contribution in [0.3, 0.4) is 0 Å². The highest BCUT2D eigenvalue weighted by molar-refractivity contribution is 7.89. The van der Waals surface area contributed by atoms with E-state index < -0.39 is 10.0 Å². The first-order valence-electron chi connectivity index (χ1n) is 8.35. The fourth-order valence-electron chi connectivity index (χ4n) is 3.01. The first-order chi connectivity index (χ1) is 12.4. The number of methoxy groups -OCH3 is 1. The van der Waals surface area contributed by atoms with Gasteiger partial charge in [-0.1, -0.05) is 0 Å². The van der Waals surface area contributed by atoms with Gasteiger partial charge in [-0.15, -0.1) is 0 Å². The highest BCUT2D eigenvalue weighted by Crippen LogP contribution is 2.24. The Morgan fingerprint density at radius 1 is 1.19 bits per heavy atom. The van der Waals surface area contributed by atoms with Gasteiger partial charge in [0.05, 0.1) is 24.8 Å². The lowest BCUT2D eigenvalue weighted by molar-refractivity contribution is 0.0874. The standard InChI is InChI=1S/C18H22N2O5S/c1-14-12-15(5-6-17(14)24-2)26(22,23)20-9-7-19(8-10-20)13-16(21)18-4-3-11-25-18/h3-6,11-12H,7-10,13H2,1-2H3. The predicted molar refractivity (Wildman–Crippen MR) is 96.0 cm³/mol. The maximum atomic E-state index is 12.8. The molecular weight excluding hydrogens is 356 g/mol. The van der Waals surface area contributed by atoms with Crippen LogP contribution in [0.25, 0.3) is 0 Å². The summed E-state index contributed by atoms with van der Waals surface area (Å²) >= 11 is 0. The van der Waals surface area contributed by atoms with Gasteiger partial charge in [-0.05, 0) is 42.8 Å². The third-order valence-corrected chi connectivity index (χ3v) is 6.39. The average molecular weight is 378 g/mol. The first-order valence-corrected chi connectivity index (χ1v) is 9.79. The number of ether oxygens (including phenoxy) is 1. The van der Waals surface area contributed by atoms with Crippen LogP contribution in [0.1, 0.15) is 16.1 Å². The van der Waals surface area contributed by atoms with Crippen molar-refractivity contribution in [3.05, 3.63) is 47.9 Å². The number of benzene rings is 1. The zero-order valence-electron chi connectivity index (χ0n) is 14.8. The second-order valence-corrected chi connectivity index (χ2v) is 8.15. The van der Waals surface area contributed by atoms with E-state index in [0.717, 1.165) is 5.56 Å². The molecule has 1 fully saturated rings. The largest absolute Gasteiger partial charge is 0.496 e. The number of ketones is 1. The molecule has 26 heavy (non-hydrogen) atoms. The van der Waals surface area contributed by atoms with Crippen LogP contribution >= 0.6 is 0 Å². The Morgan fingerprint density at radius 2 is 1.92 bits per heavy atom. The molecule has 0 atom stereocenters. The van der Waals surface area contributed by atoms with Gasteiger partial charge < -0.3 is 9.15 Å². The second kappa shape index (κ2) is 7.61. The number of furan rings is 1. The lowest BCUT2D eigenvalue weighted by Gasteiger charge is -2.33. The lowest BCUT2D eigenvalue weighted by Crippen LogP contribution is -2.49. The molecule has 0 unspecified atom stereocenters. The maximum Gasteiger partial charge on any atom is 0.243 e. The van der Waals surface area contributed by atoms with E-state index in [1.54, 1.807) is 37.4 Å². The first kappa shape index (κ1) is 18.6. The van der Waals surface area contributed by atoms with Crippen LogP contribution in [-0.4, -0.2) is 63.2 Å². The molecule has 0 saturated carbocycles. The van der Waals surface area contributed by atoms with Crippen molar-refractivity contribution in [1.29, 1.82) is 0 Å². The van der Waals surface area contributed by atoms with Crippen molar-refractivity contribution >= 4 is 15.8 Å². The van der Waals surface area contributed by atoms with E-state index in [4.69, 9.17) is 9.15 Å².